The molecule has 0 atom stereocenters. The van der Waals surface area contributed by atoms with Crippen molar-refractivity contribution in [2.75, 3.05) is 4.90 Å². The molecule has 0 saturated heterocycles. The lowest BCUT2D eigenvalue weighted by Crippen LogP contribution is -2.32. The molecular weight excluding hydrogens is 839 g/mol. The third-order valence-electron chi connectivity index (χ3n) is 15.7. The highest BCUT2D eigenvalue weighted by molar-refractivity contribution is 6.10. The van der Waals surface area contributed by atoms with Crippen LogP contribution in [0.25, 0.3) is 76.9 Å². The number of nitrogens with zero attached hydrogens (tertiary/aromatic N) is 1. The van der Waals surface area contributed by atoms with Gasteiger partial charge in [0.15, 0.2) is 5.58 Å². The lowest BCUT2D eigenvalue weighted by Gasteiger charge is -2.40. The first-order chi connectivity index (χ1) is 34.0. The van der Waals surface area contributed by atoms with Crippen LogP contribution in [-0.2, 0) is 10.8 Å². The molecule has 0 bridgehead atoms. The summed E-state index contributed by atoms with van der Waals surface area (Å²) in [6.45, 7) is 4.70. The molecule has 1 aliphatic heterocycles. The van der Waals surface area contributed by atoms with E-state index in [-0.39, 0.29) is 5.41 Å². The van der Waals surface area contributed by atoms with Crippen LogP contribution in [-0.4, -0.2) is 0 Å². The Bertz CT molecular complexity index is 4070. The van der Waals surface area contributed by atoms with Crippen LogP contribution >= 0.6 is 0 Å². The molecule has 0 unspecified atom stereocenters. The minimum atomic E-state index is -0.588. The van der Waals surface area contributed by atoms with Gasteiger partial charge in [0.05, 0.1) is 11.1 Å². The second-order valence-electron chi connectivity index (χ2n) is 19.5. The van der Waals surface area contributed by atoms with Crippen LogP contribution in [0, 0.1) is 0 Å². The Labute approximate surface area is 400 Å². The van der Waals surface area contributed by atoms with Crippen LogP contribution < -0.4 is 9.64 Å². The fourth-order valence-electron chi connectivity index (χ4n) is 12.6. The Hall–Kier alpha value is -8.66. The predicted molar refractivity (Wildman–Crippen MR) is 284 cm³/mol. The summed E-state index contributed by atoms with van der Waals surface area (Å²) in [6.07, 6.45) is 0. The second kappa shape index (κ2) is 13.9. The Morgan fingerprint density at radius 1 is 0.362 bits per heavy atom. The van der Waals surface area contributed by atoms with Gasteiger partial charge in [-0.05, 0) is 109 Å². The quantitative estimate of drug-likeness (QED) is 0.176. The van der Waals surface area contributed by atoms with E-state index in [2.05, 4.69) is 237 Å². The molecule has 3 heteroatoms. The van der Waals surface area contributed by atoms with Crippen molar-refractivity contribution in [3.63, 3.8) is 0 Å². The van der Waals surface area contributed by atoms with Crippen LogP contribution in [0.2, 0.25) is 0 Å². The molecule has 3 aliphatic rings. The second-order valence-corrected chi connectivity index (χ2v) is 19.5. The molecule has 69 heavy (non-hydrogen) atoms. The Morgan fingerprint density at radius 3 is 1.65 bits per heavy atom. The smallest absolute Gasteiger partial charge is 0.159 e. The van der Waals surface area contributed by atoms with Crippen molar-refractivity contribution < 1.29 is 9.15 Å². The molecule has 1 spiro atoms. The molecule has 12 aromatic rings. The minimum absolute atomic E-state index is 0.149. The van der Waals surface area contributed by atoms with E-state index >= 15 is 0 Å². The zero-order valence-corrected chi connectivity index (χ0v) is 38.1. The van der Waals surface area contributed by atoms with Crippen molar-refractivity contribution in [3.8, 4) is 44.9 Å². The number of furan rings is 1. The average Bonchev–Trinajstić information content (AvgIpc) is 4.00. The van der Waals surface area contributed by atoms with E-state index < -0.39 is 5.41 Å². The topological polar surface area (TPSA) is 25.6 Å². The van der Waals surface area contributed by atoms with Crippen molar-refractivity contribution in [2.24, 2.45) is 0 Å². The van der Waals surface area contributed by atoms with Gasteiger partial charge in [0, 0.05) is 49.5 Å². The third-order valence-corrected chi connectivity index (χ3v) is 15.7. The summed E-state index contributed by atoms with van der Waals surface area (Å²) in [4.78, 5) is 2.38. The molecule has 2 aliphatic carbocycles. The van der Waals surface area contributed by atoms with Gasteiger partial charge in [-0.1, -0.05) is 196 Å². The van der Waals surface area contributed by atoms with Crippen molar-refractivity contribution in [1.29, 1.82) is 0 Å². The van der Waals surface area contributed by atoms with E-state index in [0.717, 1.165) is 66.8 Å². The molecule has 0 N–H and O–H groups in total. The van der Waals surface area contributed by atoms with Gasteiger partial charge in [-0.15, -0.1) is 0 Å². The molecular formula is C66H43NO2. The van der Waals surface area contributed by atoms with Crippen molar-refractivity contribution >= 4 is 60.5 Å². The van der Waals surface area contributed by atoms with Gasteiger partial charge in [-0.25, -0.2) is 0 Å². The van der Waals surface area contributed by atoms with Gasteiger partial charge in [0.25, 0.3) is 0 Å². The largest absolute Gasteiger partial charge is 0.455 e. The Kier molecular flexibility index (Phi) is 7.77. The molecule has 11 aromatic carbocycles. The van der Waals surface area contributed by atoms with Crippen LogP contribution in [0.4, 0.5) is 17.1 Å². The number of hydrogen-bond donors (Lipinski definition) is 0. The lowest BCUT2D eigenvalue weighted by molar-refractivity contribution is 0.447. The number of rotatable bonds is 4. The molecule has 2 heterocycles. The highest BCUT2D eigenvalue weighted by Gasteiger charge is 2.52. The SMILES string of the molecule is CC1(C)c2ccccc2-c2ccc(N(c3ccc(-c4ccc5c(c4)-c4ccccc4C54c5ccc6ccccc6c5Oc5c4ccc4ccccc54)cc3)c3cccc4c3oc3ccccc34)cc21. The maximum absolute atomic E-state index is 7.18. The van der Waals surface area contributed by atoms with Crippen LogP contribution in [0.15, 0.2) is 229 Å². The molecule has 0 fully saturated rings. The monoisotopic (exact) mass is 881 g/mol. The first kappa shape index (κ1) is 38.4. The van der Waals surface area contributed by atoms with Crippen molar-refractivity contribution in [1.82, 2.24) is 0 Å². The molecule has 1 aromatic heterocycles. The van der Waals surface area contributed by atoms with E-state index in [1.807, 2.05) is 6.07 Å². The first-order valence-corrected chi connectivity index (χ1v) is 24.0. The summed E-state index contributed by atoms with van der Waals surface area (Å²) in [5.41, 5.74) is 19.2. The van der Waals surface area contributed by atoms with E-state index in [9.17, 15) is 0 Å². The number of para-hydroxylation sites is 2. The normalized spacial score (nSPS) is 14.3. The summed E-state index contributed by atoms with van der Waals surface area (Å²) in [5.74, 6) is 1.86. The highest BCUT2D eigenvalue weighted by Crippen LogP contribution is 2.64. The predicted octanol–water partition coefficient (Wildman–Crippen LogP) is 17.8. The Morgan fingerprint density at radius 2 is 0.913 bits per heavy atom. The first-order valence-electron chi connectivity index (χ1n) is 24.0. The highest BCUT2D eigenvalue weighted by atomic mass is 16.5. The minimum Gasteiger partial charge on any atom is -0.455 e. The lowest BCUT2D eigenvalue weighted by atomic mass is 9.65. The molecule has 0 amide bonds. The van der Waals surface area contributed by atoms with Gasteiger partial charge in [0.1, 0.15) is 17.1 Å². The van der Waals surface area contributed by atoms with Gasteiger partial charge < -0.3 is 14.1 Å². The van der Waals surface area contributed by atoms with Crippen molar-refractivity contribution in [2.45, 2.75) is 24.7 Å². The van der Waals surface area contributed by atoms with Gasteiger partial charge in [-0.2, -0.15) is 0 Å². The number of ether oxygens (including phenoxy) is 1. The van der Waals surface area contributed by atoms with Crippen LogP contribution in [0.5, 0.6) is 11.5 Å². The summed E-state index contributed by atoms with van der Waals surface area (Å²) < 4.78 is 13.9. The number of hydrogen-bond acceptors (Lipinski definition) is 3. The van der Waals surface area contributed by atoms with E-state index in [1.165, 1.54) is 72.0 Å². The summed E-state index contributed by atoms with van der Waals surface area (Å²) in [5, 5.41) is 6.79. The maximum Gasteiger partial charge on any atom is 0.159 e. The molecule has 324 valence electrons. The standard InChI is InChI=1S/C66H43NO2/c1-65(2)54-22-10-7-18-48(54)50-34-33-45(39-59(50)65)67(60-24-13-21-52-51-20-9-12-25-61(51)68-64(52)60)44-31-26-40(27-32-44)43-30-35-56-53(38-43)49-19-8-11-23-55(49)66(56)57-36-28-41-14-3-5-16-46(41)62(57)69-63-47-17-6-4-15-42(47)29-37-58(63)66/h3-39H,1-2H3. The fourth-order valence-corrected chi connectivity index (χ4v) is 12.6. The molecule has 3 nitrogen and oxygen atoms in total. The summed E-state index contributed by atoms with van der Waals surface area (Å²) in [7, 11) is 0. The summed E-state index contributed by atoms with van der Waals surface area (Å²) in [6, 6.07) is 82.4. The molecule has 0 saturated carbocycles. The number of benzene rings is 11. The van der Waals surface area contributed by atoms with E-state index in [4.69, 9.17) is 9.15 Å². The van der Waals surface area contributed by atoms with Crippen molar-refractivity contribution in [3.05, 3.63) is 258 Å². The third kappa shape index (κ3) is 5.17. The van der Waals surface area contributed by atoms with Crippen LogP contribution in [0.1, 0.15) is 47.2 Å². The van der Waals surface area contributed by atoms with E-state index in [0.29, 0.717) is 0 Å². The number of anilines is 3. The summed E-state index contributed by atoms with van der Waals surface area (Å²) >= 11 is 0. The molecule has 0 radical (unpaired) electrons. The van der Waals surface area contributed by atoms with E-state index in [1.54, 1.807) is 0 Å². The van der Waals surface area contributed by atoms with Gasteiger partial charge in [-0.3, -0.25) is 0 Å². The van der Waals surface area contributed by atoms with Crippen LogP contribution in [0.3, 0.4) is 0 Å². The number of fused-ring (bicyclic) bond motifs is 19. The fraction of sp³-hybridized carbons (Fsp3) is 0.0606. The molecule has 15 rings (SSSR count). The van der Waals surface area contributed by atoms with Gasteiger partial charge in [0.2, 0.25) is 0 Å². The maximum atomic E-state index is 7.18. The average molecular weight is 882 g/mol. The zero-order chi connectivity index (χ0) is 45.6. The Balaban J connectivity index is 0.900. The zero-order valence-electron chi connectivity index (χ0n) is 38.1. The van der Waals surface area contributed by atoms with Gasteiger partial charge >= 0.3 is 0 Å².